The second-order valence-corrected chi connectivity index (χ2v) is 12.2. The molecular weight excluding hydrogens is 538 g/mol. The molecule has 0 aromatic heterocycles. The molecule has 2 amide bonds. The largest absolute Gasteiger partial charge is 0.481 e. The number of hydrogen-bond donors (Lipinski definition) is 4. The van der Waals surface area contributed by atoms with Gasteiger partial charge in [-0.05, 0) is 45.1 Å². The SMILES string of the molecule is CC1(C)S[C@@H]2[C@H](NC(=O)C(N)c3ccccc3)C(=O)N2[C@H]1C(=O)OC[C@]1(C(=O)O)CC[C@H](C(=O)O)CC1.Cl. The van der Waals surface area contributed by atoms with Crippen LogP contribution in [0.3, 0.4) is 0 Å². The summed E-state index contributed by atoms with van der Waals surface area (Å²) in [5.41, 5.74) is 5.30. The number of ether oxygens (including phenoxy) is 1. The molecule has 0 radical (unpaired) electrons. The minimum Gasteiger partial charge on any atom is -0.481 e. The normalized spacial score (nSPS) is 30.2. The molecule has 2 heterocycles. The van der Waals surface area contributed by atoms with E-state index in [1.165, 1.54) is 16.7 Å². The quantitative estimate of drug-likeness (QED) is 0.265. The number of benzene rings is 1. The number of thioether (sulfide) groups is 1. The van der Waals surface area contributed by atoms with E-state index in [1.807, 2.05) is 0 Å². The van der Waals surface area contributed by atoms with E-state index in [4.69, 9.17) is 10.5 Å². The summed E-state index contributed by atoms with van der Waals surface area (Å²) in [6.07, 6.45) is 0.527. The van der Waals surface area contributed by atoms with Crippen LogP contribution in [0.4, 0.5) is 0 Å². The molecule has 11 nitrogen and oxygen atoms in total. The Morgan fingerprint density at radius 3 is 2.32 bits per heavy atom. The van der Waals surface area contributed by atoms with Crippen LogP contribution in [0.5, 0.6) is 0 Å². The van der Waals surface area contributed by atoms with Gasteiger partial charge < -0.3 is 30.9 Å². The molecule has 1 aromatic rings. The number of nitrogens with zero attached hydrogens (tertiary/aromatic N) is 1. The average molecular weight is 570 g/mol. The van der Waals surface area contributed by atoms with Gasteiger partial charge in [-0.1, -0.05) is 30.3 Å². The van der Waals surface area contributed by atoms with Crippen molar-refractivity contribution in [2.75, 3.05) is 6.61 Å². The first-order chi connectivity index (χ1) is 17.4. The van der Waals surface area contributed by atoms with Crippen molar-refractivity contribution in [1.29, 1.82) is 0 Å². The summed E-state index contributed by atoms with van der Waals surface area (Å²) < 4.78 is 4.74. The zero-order valence-electron chi connectivity index (χ0n) is 21.0. The van der Waals surface area contributed by atoms with Gasteiger partial charge >= 0.3 is 17.9 Å². The summed E-state index contributed by atoms with van der Waals surface area (Å²) in [6, 6.07) is 6.00. The number of nitrogens with two attached hydrogens (primary N) is 1. The van der Waals surface area contributed by atoms with E-state index in [-0.39, 0.29) is 38.1 Å². The van der Waals surface area contributed by atoms with Crippen LogP contribution in [0.2, 0.25) is 0 Å². The zero-order valence-corrected chi connectivity index (χ0v) is 22.6. The zero-order chi connectivity index (χ0) is 27.1. The molecule has 2 saturated heterocycles. The Morgan fingerprint density at radius 1 is 1.16 bits per heavy atom. The Bertz CT molecular complexity index is 1110. The molecule has 3 fully saturated rings. The van der Waals surface area contributed by atoms with Gasteiger partial charge in [0, 0.05) is 4.75 Å². The van der Waals surface area contributed by atoms with Crippen LogP contribution in [-0.4, -0.2) is 73.6 Å². The fraction of sp³-hybridized carbons (Fsp3) is 0.560. The third-order valence-electron chi connectivity index (χ3n) is 7.64. The maximum atomic E-state index is 13.2. The number of amides is 2. The molecule has 13 heteroatoms. The van der Waals surface area contributed by atoms with Crippen LogP contribution in [0.15, 0.2) is 30.3 Å². The number of esters is 1. The lowest BCUT2D eigenvalue weighted by Gasteiger charge is -2.44. The van der Waals surface area contributed by atoms with Gasteiger partial charge in [-0.25, -0.2) is 4.79 Å². The van der Waals surface area contributed by atoms with E-state index >= 15 is 0 Å². The number of hydrogen-bond acceptors (Lipinski definition) is 8. The van der Waals surface area contributed by atoms with Crippen LogP contribution < -0.4 is 11.1 Å². The van der Waals surface area contributed by atoms with Crippen molar-refractivity contribution >= 4 is 53.9 Å². The number of aliphatic carboxylic acids is 2. The minimum atomic E-state index is -1.36. The molecule has 1 aliphatic carbocycles. The fourth-order valence-corrected chi connectivity index (χ4v) is 6.93. The Balaban J connectivity index is 0.00000400. The van der Waals surface area contributed by atoms with E-state index in [0.29, 0.717) is 5.56 Å². The molecule has 5 N–H and O–H groups in total. The molecule has 1 unspecified atom stereocenters. The molecule has 38 heavy (non-hydrogen) atoms. The number of rotatable bonds is 8. The number of nitrogens with one attached hydrogen (secondary N) is 1. The summed E-state index contributed by atoms with van der Waals surface area (Å²) in [6.45, 7) is 3.17. The lowest BCUT2D eigenvalue weighted by atomic mass is 9.71. The maximum absolute atomic E-state index is 13.2. The molecule has 3 aliphatic rings. The average Bonchev–Trinajstić information content (AvgIpc) is 3.13. The van der Waals surface area contributed by atoms with E-state index in [9.17, 15) is 34.2 Å². The number of carboxylic acid groups (broad SMARTS) is 2. The first kappa shape index (κ1) is 29.7. The molecule has 1 aromatic carbocycles. The molecule has 208 valence electrons. The second-order valence-electron chi connectivity index (χ2n) is 10.4. The number of carbonyl (C=O) groups excluding carboxylic acids is 3. The van der Waals surface area contributed by atoms with Crippen molar-refractivity contribution in [2.24, 2.45) is 17.1 Å². The van der Waals surface area contributed by atoms with Gasteiger partial charge in [-0.15, -0.1) is 24.2 Å². The van der Waals surface area contributed by atoms with Crippen LogP contribution in [0.1, 0.15) is 51.1 Å². The van der Waals surface area contributed by atoms with E-state index in [0.717, 1.165) is 0 Å². The summed E-state index contributed by atoms with van der Waals surface area (Å²) in [5.74, 6) is -4.38. The Hall–Kier alpha value is -2.83. The summed E-state index contributed by atoms with van der Waals surface area (Å²) >= 11 is 1.35. The summed E-state index contributed by atoms with van der Waals surface area (Å²) in [4.78, 5) is 63.6. The van der Waals surface area contributed by atoms with Crippen LogP contribution in [0.25, 0.3) is 0 Å². The molecule has 4 rings (SSSR count). The highest BCUT2D eigenvalue weighted by Crippen LogP contribution is 2.51. The lowest BCUT2D eigenvalue weighted by Crippen LogP contribution is -2.71. The maximum Gasteiger partial charge on any atom is 0.330 e. The third kappa shape index (κ3) is 5.34. The van der Waals surface area contributed by atoms with E-state index in [2.05, 4.69) is 5.32 Å². The van der Waals surface area contributed by atoms with Crippen LogP contribution in [-0.2, 0) is 28.7 Å². The van der Waals surface area contributed by atoms with Crippen LogP contribution in [0, 0.1) is 11.3 Å². The Labute approximate surface area is 230 Å². The number of carboxylic acids is 2. The summed E-state index contributed by atoms with van der Waals surface area (Å²) in [5, 5.41) is 21.2. The third-order valence-corrected chi connectivity index (χ3v) is 9.21. The highest BCUT2D eigenvalue weighted by molar-refractivity contribution is 8.01. The Kier molecular flexibility index (Phi) is 8.69. The summed E-state index contributed by atoms with van der Waals surface area (Å²) in [7, 11) is 0. The first-order valence-electron chi connectivity index (χ1n) is 12.1. The number of halogens is 1. The number of fused-ring (bicyclic) bond motifs is 1. The molecule has 0 spiro atoms. The van der Waals surface area contributed by atoms with Gasteiger partial charge in [0.1, 0.15) is 35.5 Å². The van der Waals surface area contributed by atoms with Gasteiger partial charge in [0.05, 0.1) is 5.92 Å². The smallest absolute Gasteiger partial charge is 0.330 e. The molecule has 4 atom stereocenters. The fourth-order valence-electron chi connectivity index (χ4n) is 5.31. The van der Waals surface area contributed by atoms with Crippen molar-refractivity contribution in [1.82, 2.24) is 10.2 Å². The predicted octanol–water partition coefficient (Wildman–Crippen LogP) is 1.54. The molecule has 0 bridgehead atoms. The van der Waals surface area contributed by atoms with Crippen molar-refractivity contribution < 1.29 is 38.9 Å². The van der Waals surface area contributed by atoms with Crippen LogP contribution >= 0.6 is 24.2 Å². The Morgan fingerprint density at radius 2 is 1.76 bits per heavy atom. The lowest BCUT2D eigenvalue weighted by molar-refractivity contribution is -0.172. The van der Waals surface area contributed by atoms with Gasteiger partial charge in [0.2, 0.25) is 11.8 Å². The van der Waals surface area contributed by atoms with Crippen molar-refractivity contribution in [3.8, 4) is 0 Å². The van der Waals surface area contributed by atoms with Gasteiger partial charge in [0.15, 0.2) is 0 Å². The number of carbonyl (C=O) groups is 5. The number of β-lactam (4-membered cyclic amide) rings is 1. The predicted molar refractivity (Wildman–Crippen MR) is 139 cm³/mol. The van der Waals surface area contributed by atoms with Crippen molar-refractivity contribution in [2.45, 2.75) is 67.8 Å². The highest BCUT2D eigenvalue weighted by atomic mass is 35.5. The molecule has 1 saturated carbocycles. The highest BCUT2D eigenvalue weighted by Gasteiger charge is 2.64. The molecular formula is C25H32ClN3O8S. The monoisotopic (exact) mass is 569 g/mol. The van der Waals surface area contributed by atoms with Gasteiger partial charge in [0.25, 0.3) is 0 Å². The molecule has 2 aliphatic heterocycles. The minimum absolute atomic E-state index is 0. The first-order valence-corrected chi connectivity index (χ1v) is 13.0. The van der Waals surface area contributed by atoms with E-state index in [1.54, 1.807) is 44.2 Å². The van der Waals surface area contributed by atoms with Crippen molar-refractivity contribution in [3.05, 3.63) is 35.9 Å². The van der Waals surface area contributed by atoms with Gasteiger partial charge in [-0.2, -0.15) is 0 Å². The standard InChI is InChI=1S/C25H31N3O8S.ClH/c1-24(2)17(22(33)36-12-25(23(34)35)10-8-14(9-11-25)21(31)32)28-19(30)16(20(28)37-24)27-18(29)15(26)13-6-4-3-5-7-13;/h3-7,14-17,20H,8-12,26H2,1-2H3,(H,27,29)(H,31,32)(H,34,35);1H/t14-,15?,16-,17+,20-,25-;/m1./s1. The van der Waals surface area contributed by atoms with Gasteiger partial charge in [-0.3, -0.25) is 19.2 Å². The second kappa shape index (κ2) is 11.1. The van der Waals surface area contributed by atoms with E-state index < -0.39 is 75.9 Å². The van der Waals surface area contributed by atoms with Crippen molar-refractivity contribution in [3.63, 3.8) is 0 Å². The topological polar surface area (TPSA) is 176 Å².